The summed E-state index contributed by atoms with van der Waals surface area (Å²) in [4.78, 5) is 11.9. The predicted octanol–water partition coefficient (Wildman–Crippen LogP) is 2.05. The lowest BCUT2D eigenvalue weighted by Gasteiger charge is -2.15. The molecule has 1 rings (SSSR count). The number of carbonyl (C=O) groups excluding carboxylic acids is 1. The highest BCUT2D eigenvalue weighted by molar-refractivity contribution is 5.95. The van der Waals surface area contributed by atoms with E-state index >= 15 is 0 Å². The first-order valence-corrected chi connectivity index (χ1v) is 5.95. The number of nitrogens with one attached hydrogen (secondary N) is 1. The third-order valence-electron chi connectivity index (χ3n) is 2.87. The molecule has 94 valence electrons. The lowest BCUT2D eigenvalue weighted by Crippen LogP contribution is -2.35. The molecule has 1 amide bonds. The van der Waals surface area contributed by atoms with Crippen molar-refractivity contribution < 1.29 is 9.90 Å². The Hall–Kier alpha value is -1.35. The van der Waals surface area contributed by atoms with E-state index in [9.17, 15) is 9.90 Å². The smallest absolute Gasteiger partial charge is 0.251 e. The van der Waals surface area contributed by atoms with Gasteiger partial charge in [0.1, 0.15) is 0 Å². The molecule has 0 radical (unpaired) electrons. The van der Waals surface area contributed by atoms with E-state index in [0.717, 1.165) is 11.1 Å². The Morgan fingerprint density at radius 2 is 2.00 bits per heavy atom. The quantitative estimate of drug-likeness (QED) is 0.839. The predicted molar refractivity (Wildman–Crippen MR) is 69.1 cm³/mol. The van der Waals surface area contributed by atoms with Crippen LogP contribution in [0.5, 0.6) is 0 Å². The van der Waals surface area contributed by atoms with Gasteiger partial charge in [0, 0.05) is 12.1 Å². The maximum Gasteiger partial charge on any atom is 0.251 e. The molecule has 0 bridgehead atoms. The number of benzene rings is 1. The number of hydrogen-bond donors (Lipinski definition) is 2. The van der Waals surface area contributed by atoms with Gasteiger partial charge in [-0.05, 0) is 31.4 Å². The zero-order chi connectivity index (χ0) is 13.0. The normalized spacial score (nSPS) is 12.6. The van der Waals surface area contributed by atoms with Crippen molar-refractivity contribution in [2.45, 2.75) is 33.8 Å². The SMILES string of the molecule is Cc1ccc(C(=O)NCC(O)C(C)C)c(C)c1. The number of rotatable bonds is 4. The Kier molecular flexibility index (Phi) is 4.70. The van der Waals surface area contributed by atoms with Gasteiger partial charge >= 0.3 is 0 Å². The van der Waals surface area contributed by atoms with E-state index in [-0.39, 0.29) is 11.8 Å². The first-order chi connectivity index (χ1) is 7.91. The summed E-state index contributed by atoms with van der Waals surface area (Å²) < 4.78 is 0. The van der Waals surface area contributed by atoms with Crippen LogP contribution in [0, 0.1) is 19.8 Å². The molecule has 1 aromatic rings. The minimum absolute atomic E-state index is 0.123. The maximum absolute atomic E-state index is 11.9. The van der Waals surface area contributed by atoms with E-state index in [0.29, 0.717) is 12.1 Å². The second-order valence-electron chi connectivity index (χ2n) is 4.84. The molecule has 1 unspecified atom stereocenters. The zero-order valence-electron chi connectivity index (χ0n) is 10.9. The summed E-state index contributed by atoms with van der Waals surface area (Å²) in [6.45, 7) is 8.06. The molecule has 17 heavy (non-hydrogen) atoms. The molecule has 2 N–H and O–H groups in total. The molecule has 3 nitrogen and oxygen atoms in total. The Morgan fingerprint density at radius 3 is 2.53 bits per heavy atom. The number of aryl methyl sites for hydroxylation is 2. The van der Waals surface area contributed by atoms with Crippen LogP contribution in [0.15, 0.2) is 18.2 Å². The number of hydrogen-bond acceptors (Lipinski definition) is 2. The van der Waals surface area contributed by atoms with E-state index in [1.54, 1.807) is 0 Å². The molecule has 0 fully saturated rings. The summed E-state index contributed by atoms with van der Waals surface area (Å²) >= 11 is 0. The first-order valence-electron chi connectivity index (χ1n) is 5.95. The maximum atomic E-state index is 11.9. The van der Waals surface area contributed by atoms with E-state index in [2.05, 4.69) is 5.32 Å². The summed E-state index contributed by atoms with van der Waals surface area (Å²) in [6.07, 6.45) is -0.496. The zero-order valence-corrected chi connectivity index (χ0v) is 10.9. The second kappa shape index (κ2) is 5.82. The highest BCUT2D eigenvalue weighted by atomic mass is 16.3. The fourth-order valence-electron chi connectivity index (χ4n) is 1.60. The number of aliphatic hydroxyl groups excluding tert-OH is 1. The van der Waals surface area contributed by atoms with Crippen LogP contribution >= 0.6 is 0 Å². The van der Waals surface area contributed by atoms with Crippen molar-refractivity contribution >= 4 is 5.91 Å². The van der Waals surface area contributed by atoms with Gasteiger partial charge in [0.25, 0.3) is 5.91 Å². The molecule has 1 atom stereocenters. The van der Waals surface area contributed by atoms with E-state index in [1.807, 2.05) is 45.9 Å². The van der Waals surface area contributed by atoms with Crippen LogP contribution in [0.1, 0.15) is 35.3 Å². The van der Waals surface area contributed by atoms with E-state index < -0.39 is 6.10 Å². The minimum atomic E-state index is -0.496. The molecular weight excluding hydrogens is 214 g/mol. The van der Waals surface area contributed by atoms with Gasteiger partial charge in [-0.2, -0.15) is 0 Å². The van der Waals surface area contributed by atoms with Crippen LogP contribution in [0.25, 0.3) is 0 Å². The van der Waals surface area contributed by atoms with Gasteiger partial charge in [-0.15, -0.1) is 0 Å². The molecule has 0 heterocycles. The van der Waals surface area contributed by atoms with Gasteiger partial charge in [0.2, 0.25) is 0 Å². The van der Waals surface area contributed by atoms with Gasteiger partial charge in [-0.1, -0.05) is 31.5 Å². The third kappa shape index (κ3) is 3.86. The summed E-state index contributed by atoms with van der Waals surface area (Å²) in [6, 6.07) is 5.72. The van der Waals surface area contributed by atoms with Crippen LogP contribution in [-0.4, -0.2) is 23.7 Å². The van der Waals surface area contributed by atoms with Crippen LogP contribution in [-0.2, 0) is 0 Å². The minimum Gasteiger partial charge on any atom is -0.391 e. The second-order valence-corrected chi connectivity index (χ2v) is 4.84. The molecule has 0 saturated heterocycles. The van der Waals surface area contributed by atoms with E-state index in [4.69, 9.17) is 0 Å². The molecular formula is C14H21NO2. The van der Waals surface area contributed by atoms with Crippen LogP contribution in [0.2, 0.25) is 0 Å². The number of carbonyl (C=O) groups is 1. The summed E-state index contributed by atoms with van der Waals surface area (Å²) in [5.41, 5.74) is 2.77. The molecule has 1 aromatic carbocycles. The van der Waals surface area contributed by atoms with Crippen molar-refractivity contribution in [3.63, 3.8) is 0 Å². The Bertz CT molecular complexity index is 399. The van der Waals surface area contributed by atoms with Crippen LogP contribution < -0.4 is 5.32 Å². The summed E-state index contributed by atoms with van der Waals surface area (Å²) in [7, 11) is 0. The largest absolute Gasteiger partial charge is 0.391 e. The van der Waals surface area contributed by atoms with Gasteiger partial charge < -0.3 is 10.4 Å². The van der Waals surface area contributed by atoms with E-state index in [1.165, 1.54) is 0 Å². The molecule has 0 saturated carbocycles. The molecule has 0 aliphatic rings. The van der Waals surface area contributed by atoms with Crippen molar-refractivity contribution in [1.29, 1.82) is 0 Å². The Balaban J connectivity index is 2.64. The third-order valence-corrected chi connectivity index (χ3v) is 2.87. The average Bonchev–Trinajstić information content (AvgIpc) is 2.25. The lowest BCUT2D eigenvalue weighted by atomic mass is 10.0. The van der Waals surface area contributed by atoms with Crippen molar-refractivity contribution in [1.82, 2.24) is 5.32 Å². The highest BCUT2D eigenvalue weighted by Crippen LogP contribution is 2.10. The Morgan fingerprint density at radius 1 is 1.35 bits per heavy atom. The lowest BCUT2D eigenvalue weighted by molar-refractivity contribution is 0.0871. The van der Waals surface area contributed by atoms with Crippen molar-refractivity contribution in [3.05, 3.63) is 34.9 Å². The van der Waals surface area contributed by atoms with Gasteiger partial charge in [0.05, 0.1) is 6.10 Å². The van der Waals surface area contributed by atoms with Crippen molar-refractivity contribution in [2.75, 3.05) is 6.54 Å². The monoisotopic (exact) mass is 235 g/mol. The molecule has 0 aromatic heterocycles. The number of amides is 1. The number of aliphatic hydroxyl groups is 1. The van der Waals surface area contributed by atoms with Gasteiger partial charge in [-0.3, -0.25) is 4.79 Å². The molecule has 0 aliphatic carbocycles. The van der Waals surface area contributed by atoms with Gasteiger partial charge in [-0.25, -0.2) is 0 Å². The van der Waals surface area contributed by atoms with Crippen molar-refractivity contribution in [2.24, 2.45) is 5.92 Å². The van der Waals surface area contributed by atoms with Crippen LogP contribution in [0.4, 0.5) is 0 Å². The molecule has 0 spiro atoms. The fourth-order valence-corrected chi connectivity index (χ4v) is 1.60. The first kappa shape index (κ1) is 13.7. The Labute approximate surface area is 103 Å². The topological polar surface area (TPSA) is 49.3 Å². The standard InChI is InChI=1S/C14H21NO2/c1-9(2)13(16)8-15-14(17)12-6-5-10(3)7-11(12)4/h5-7,9,13,16H,8H2,1-4H3,(H,15,17). The fraction of sp³-hybridized carbons (Fsp3) is 0.500. The highest BCUT2D eigenvalue weighted by Gasteiger charge is 2.13. The molecule has 3 heteroatoms. The van der Waals surface area contributed by atoms with Crippen molar-refractivity contribution in [3.8, 4) is 0 Å². The van der Waals surface area contributed by atoms with Gasteiger partial charge in [0.15, 0.2) is 0 Å². The summed E-state index contributed by atoms with van der Waals surface area (Å²) in [5.74, 6) is 0.0246. The summed E-state index contributed by atoms with van der Waals surface area (Å²) in [5, 5.41) is 12.4. The van der Waals surface area contributed by atoms with Crippen LogP contribution in [0.3, 0.4) is 0 Å². The molecule has 0 aliphatic heterocycles. The average molecular weight is 235 g/mol.